The second kappa shape index (κ2) is 10.6. The Kier molecular flexibility index (Phi) is 7.21. The van der Waals surface area contributed by atoms with Crippen molar-refractivity contribution in [3.8, 4) is 29.1 Å². The van der Waals surface area contributed by atoms with Crippen molar-refractivity contribution < 1.29 is 23.7 Å². The van der Waals surface area contributed by atoms with Gasteiger partial charge in [-0.25, -0.2) is 0 Å². The van der Waals surface area contributed by atoms with Crippen LogP contribution in [0, 0.1) is 11.3 Å². The summed E-state index contributed by atoms with van der Waals surface area (Å²) >= 11 is 5.91. The Hall–Kier alpha value is -4.15. The van der Waals surface area contributed by atoms with Gasteiger partial charge in [-0.3, -0.25) is 4.79 Å². The number of carbonyl (C=O) groups excluding carboxylic acids is 1. The first kappa shape index (κ1) is 23.0. The van der Waals surface area contributed by atoms with Gasteiger partial charge in [-0.05, 0) is 59.2 Å². The highest BCUT2D eigenvalue weighted by molar-refractivity contribution is 6.30. The highest BCUT2D eigenvalue weighted by Gasteiger charge is 2.15. The van der Waals surface area contributed by atoms with Crippen LogP contribution in [0.5, 0.6) is 23.0 Å². The lowest BCUT2D eigenvalue weighted by molar-refractivity contribution is -0.117. The van der Waals surface area contributed by atoms with Crippen LogP contribution in [0.3, 0.4) is 0 Å². The summed E-state index contributed by atoms with van der Waals surface area (Å²) in [5, 5.41) is 12.9. The number of fused-ring (bicyclic) bond motifs is 1. The number of ether oxygens (including phenoxy) is 4. The van der Waals surface area contributed by atoms with Crippen molar-refractivity contribution in [3.63, 3.8) is 0 Å². The van der Waals surface area contributed by atoms with E-state index in [1.807, 2.05) is 24.3 Å². The minimum atomic E-state index is -0.484. The van der Waals surface area contributed by atoms with Crippen molar-refractivity contribution in [1.82, 2.24) is 5.32 Å². The second-order valence-corrected chi connectivity index (χ2v) is 7.80. The highest BCUT2D eigenvalue weighted by Crippen LogP contribution is 2.32. The maximum atomic E-state index is 12.6. The number of carbonyl (C=O) groups is 1. The third-order valence-corrected chi connectivity index (χ3v) is 5.31. The van der Waals surface area contributed by atoms with Crippen LogP contribution in [0.4, 0.5) is 0 Å². The van der Waals surface area contributed by atoms with Gasteiger partial charge in [0.1, 0.15) is 18.2 Å². The minimum Gasteiger partial charge on any atom is -0.493 e. The Labute approximate surface area is 202 Å². The Morgan fingerprint density at radius 2 is 1.82 bits per heavy atom. The van der Waals surface area contributed by atoms with Gasteiger partial charge in [-0.15, -0.1) is 0 Å². The fourth-order valence-corrected chi connectivity index (χ4v) is 3.40. The average Bonchev–Trinajstić information content (AvgIpc) is 3.33. The molecule has 0 fully saturated rings. The first-order chi connectivity index (χ1) is 16.6. The summed E-state index contributed by atoms with van der Waals surface area (Å²) in [6.45, 7) is 0.768. The molecule has 3 aromatic carbocycles. The summed E-state index contributed by atoms with van der Waals surface area (Å²) in [7, 11) is 1.53. The molecule has 0 aliphatic carbocycles. The third-order valence-electron chi connectivity index (χ3n) is 5.06. The smallest absolute Gasteiger partial charge is 0.262 e. The second-order valence-electron chi connectivity index (χ2n) is 7.37. The van der Waals surface area contributed by atoms with Crippen LogP contribution < -0.4 is 24.3 Å². The minimum absolute atomic E-state index is 0.0300. The van der Waals surface area contributed by atoms with Crippen LogP contribution >= 0.6 is 11.6 Å². The molecule has 34 heavy (non-hydrogen) atoms. The number of hydrogen-bond acceptors (Lipinski definition) is 6. The molecule has 1 aliphatic rings. The van der Waals surface area contributed by atoms with E-state index in [0.29, 0.717) is 40.2 Å². The van der Waals surface area contributed by atoms with Crippen molar-refractivity contribution in [1.29, 1.82) is 5.26 Å². The predicted octanol–water partition coefficient (Wildman–Crippen LogP) is 4.88. The van der Waals surface area contributed by atoms with Crippen LogP contribution in [0.2, 0.25) is 5.02 Å². The maximum Gasteiger partial charge on any atom is 0.262 e. The van der Waals surface area contributed by atoms with E-state index in [0.717, 1.165) is 11.1 Å². The van der Waals surface area contributed by atoms with E-state index in [9.17, 15) is 10.1 Å². The first-order valence-electron chi connectivity index (χ1n) is 10.4. The van der Waals surface area contributed by atoms with E-state index >= 15 is 0 Å². The zero-order chi connectivity index (χ0) is 23.9. The summed E-state index contributed by atoms with van der Waals surface area (Å²) < 4.78 is 21.9. The lowest BCUT2D eigenvalue weighted by atomic mass is 10.1. The summed E-state index contributed by atoms with van der Waals surface area (Å²) in [4.78, 5) is 12.6. The van der Waals surface area contributed by atoms with Gasteiger partial charge < -0.3 is 24.3 Å². The van der Waals surface area contributed by atoms with E-state index in [4.69, 9.17) is 30.5 Å². The quantitative estimate of drug-likeness (QED) is 0.368. The number of hydrogen-bond donors (Lipinski definition) is 1. The summed E-state index contributed by atoms with van der Waals surface area (Å²) in [5.74, 6) is 1.85. The molecular formula is C26H21ClN2O5. The van der Waals surface area contributed by atoms with Crippen LogP contribution in [0.1, 0.15) is 16.7 Å². The number of nitriles is 1. The van der Waals surface area contributed by atoms with Crippen LogP contribution in [0.15, 0.2) is 66.2 Å². The van der Waals surface area contributed by atoms with Gasteiger partial charge in [0.05, 0.1) is 7.11 Å². The molecule has 1 heterocycles. The van der Waals surface area contributed by atoms with E-state index in [1.54, 1.807) is 42.5 Å². The van der Waals surface area contributed by atoms with Gasteiger partial charge in [0.2, 0.25) is 6.79 Å². The Morgan fingerprint density at radius 1 is 1.06 bits per heavy atom. The number of methoxy groups -OCH3 is 1. The summed E-state index contributed by atoms with van der Waals surface area (Å²) in [5.41, 5.74) is 2.39. The highest BCUT2D eigenvalue weighted by atomic mass is 35.5. The molecule has 1 amide bonds. The fourth-order valence-electron chi connectivity index (χ4n) is 3.28. The van der Waals surface area contributed by atoms with Crippen molar-refractivity contribution >= 4 is 23.6 Å². The molecule has 3 aromatic rings. The first-order valence-corrected chi connectivity index (χ1v) is 10.8. The molecule has 172 valence electrons. The van der Waals surface area contributed by atoms with Gasteiger partial charge in [-0.2, -0.15) is 5.26 Å². The molecule has 0 unspecified atom stereocenters. The van der Waals surface area contributed by atoms with Crippen molar-refractivity contribution in [2.45, 2.75) is 13.2 Å². The lowest BCUT2D eigenvalue weighted by Crippen LogP contribution is -2.23. The number of amides is 1. The van der Waals surface area contributed by atoms with Gasteiger partial charge in [-0.1, -0.05) is 35.9 Å². The molecule has 1 aliphatic heterocycles. The van der Waals surface area contributed by atoms with Gasteiger partial charge in [0.15, 0.2) is 23.0 Å². The third kappa shape index (κ3) is 5.61. The molecule has 0 saturated heterocycles. The van der Waals surface area contributed by atoms with Gasteiger partial charge >= 0.3 is 0 Å². The Morgan fingerprint density at radius 3 is 2.59 bits per heavy atom. The van der Waals surface area contributed by atoms with E-state index in [1.165, 1.54) is 13.2 Å². The predicted molar refractivity (Wildman–Crippen MR) is 127 cm³/mol. The lowest BCUT2D eigenvalue weighted by Gasteiger charge is -2.12. The van der Waals surface area contributed by atoms with Crippen LogP contribution in [0.25, 0.3) is 6.08 Å². The van der Waals surface area contributed by atoms with Crippen LogP contribution in [-0.4, -0.2) is 19.8 Å². The zero-order valence-electron chi connectivity index (χ0n) is 18.3. The van der Waals surface area contributed by atoms with Gasteiger partial charge in [0, 0.05) is 11.6 Å². The molecule has 4 rings (SSSR count). The topological polar surface area (TPSA) is 89.8 Å². The molecule has 8 heteroatoms. The number of nitrogens with zero attached hydrogens (tertiary/aromatic N) is 1. The Balaban J connectivity index is 1.41. The average molecular weight is 477 g/mol. The van der Waals surface area contributed by atoms with Crippen LogP contribution in [-0.2, 0) is 17.9 Å². The number of halogens is 1. The molecule has 0 saturated carbocycles. The largest absolute Gasteiger partial charge is 0.493 e. The van der Waals surface area contributed by atoms with Crippen molar-refractivity contribution in [3.05, 3.63) is 87.9 Å². The molecule has 7 nitrogen and oxygen atoms in total. The standard InChI is InChI=1S/C26H21ClN2O5/c1-31-24-11-18(4-8-22(24)32-15-17-2-6-21(27)7-3-17)10-20(13-28)26(30)29-14-19-5-9-23-25(12-19)34-16-33-23/h2-12H,14-16H2,1H3,(H,29,30)/b20-10+. The van der Waals surface area contributed by atoms with E-state index in [-0.39, 0.29) is 18.9 Å². The maximum absolute atomic E-state index is 12.6. The number of nitrogens with one attached hydrogen (secondary N) is 1. The molecule has 0 spiro atoms. The zero-order valence-corrected chi connectivity index (χ0v) is 19.1. The summed E-state index contributed by atoms with van der Waals surface area (Å²) in [6, 6.07) is 19.9. The molecule has 0 atom stereocenters. The molecule has 1 N–H and O–H groups in total. The van der Waals surface area contributed by atoms with Crippen molar-refractivity contribution in [2.24, 2.45) is 0 Å². The Bertz CT molecular complexity index is 1270. The SMILES string of the molecule is COc1cc(/C=C(\C#N)C(=O)NCc2ccc3c(c2)OCO3)ccc1OCc1ccc(Cl)cc1. The number of benzene rings is 3. The molecule has 0 bridgehead atoms. The molecular weight excluding hydrogens is 456 g/mol. The fraction of sp³-hybridized carbons (Fsp3) is 0.154. The normalized spacial score (nSPS) is 12.1. The number of rotatable bonds is 8. The van der Waals surface area contributed by atoms with E-state index in [2.05, 4.69) is 5.32 Å². The van der Waals surface area contributed by atoms with E-state index < -0.39 is 5.91 Å². The monoisotopic (exact) mass is 476 g/mol. The molecule has 0 aromatic heterocycles. The summed E-state index contributed by atoms with van der Waals surface area (Å²) in [6.07, 6.45) is 1.50. The van der Waals surface area contributed by atoms with Crippen molar-refractivity contribution in [2.75, 3.05) is 13.9 Å². The molecule has 0 radical (unpaired) electrons. The van der Waals surface area contributed by atoms with Gasteiger partial charge in [0.25, 0.3) is 5.91 Å².